The molecular formula is C12H9ClIN3O. The first-order valence-electron chi connectivity index (χ1n) is 5.13. The Hall–Kier alpha value is -1.21. The number of hydrogen-bond donors (Lipinski definition) is 1. The number of nitrogens with zero attached hydrogens (tertiary/aromatic N) is 2. The molecule has 6 heteroatoms. The summed E-state index contributed by atoms with van der Waals surface area (Å²) in [6.45, 7) is 1.96. The lowest BCUT2D eigenvalue weighted by Crippen LogP contribution is -2.15. The van der Waals surface area contributed by atoms with Crippen LogP contribution < -0.4 is 5.32 Å². The molecule has 0 spiro atoms. The van der Waals surface area contributed by atoms with Crippen LogP contribution in [0.15, 0.2) is 30.3 Å². The van der Waals surface area contributed by atoms with Crippen molar-refractivity contribution in [2.45, 2.75) is 6.92 Å². The molecule has 0 bridgehead atoms. The van der Waals surface area contributed by atoms with E-state index in [1.54, 1.807) is 18.2 Å². The van der Waals surface area contributed by atoms with Gasteiger partial charge in [-0.1, -0.05) is 23.7 Å². The van der Waals surface area contributed by atoms with Crippen molar-refractivity contribution >= 4 is 45.9 Å². The quantitative estimate of drug-likeness (QED) is 0.822. The van der Waals surface area contributed by atoms with Crippen LogP contribution in [0.4, 0.5) is 5.82 Å². The van der Waals surface area contributed by atoms with Gasteiger partial charge in [-0.25, -0.2) is 0 Å². The van der Waals surface area contributed by atoms with Gasteiger partial charge in [0.2, 0.25) is 0 Å². The van der Waals surface area contributed by atoms with E-state index in [1.165, 1.54) is 0 Å². The lowest BCUT2D eigenvalue weighted by atomic mass is 10.1. The first-order chi connectivity index (χ1) is 8.58. The smallest absolute Gasteiger partial charge is 0.257 e. The van der Waals surface area contributed by atoms with Gasteiger partial charge >= 0.3 is 0 Å². The monoisotopic (exact) mass is 373 g/mol. The summed E-state index contributed by atoms with van der Waals surface area (Å²) in [7, 11) is 0. The predicted octanol–water partition coefficient (Wildman–Crippen LogP) is 3.30. The molecule has 0 aliphatic rings. The lowest BCUT2D eigenvalue weighted by molar-refractivity contribution is 0.102. The molecule has 18 heavy (non-hydrogen) atoms. The third kappa shape index (κ3) is 2.97. The maximum absolute atomic E-state index is 12.1. The highest BCUT2D eigenvalue weighted by atomic mass is 127. The number of anilines is 1. The average Bonchev–Trinajstić information content (AvgIpc) is 2.35. The maximum atomic E-state index is 12.1. The molecule has 0 fully saturated rings. The van der Waals surface area contributed by atoms with Gasteiger partial charge < -0.3 is 5.32 Å². The van der Waals surface area contributed by atoms with Crippen molar-refractivity contribution in [3.8, 4) is 0 Å². The van der Waals surface area contributed by atoms with Gasteiger partial charge in [-0.05, 0) is 53.3 Å². The molecule has 0 saturated carbocycles. The minimum atomic E-state index is -0.209. The number of halogens is 2. The summed E-state index contributed by atoms with van der Waals surface area (Å²) >= 11 is 7.77. The zero-order valence-electron chi connectivity index (χ0n) is 9.45. The lowest BCUT2D eigenvalue weighted by Gasteiger charge is -2.07. The molecule has 0 unspecified atom stereocenters. The van der Waals surface area contributed by atoms with Crippen molar-refractivity contribution in [1.29, 1.82) is 0 Å². The number of amides is 1. The minimum absolute atomic E-state index is 0.209. The van der Waals surface area contributed by atoms with E-state index in [4.69, 9.17) is 11.6 Å². The number of benzene rings is 1. The molecule has 92 valence electrons. The van der Waals surface area contributed by atoms with Gasteiger partial charge in [0.1, 0.15) is 0 Å². The molecule has 1 amide bonds. The van der Waals surface area contributed by atoms with Crippen molar-refractivity contribution < 1.29 is 4.79 Å². The zero-order chi connectivity index (χ0) is 13.1. The van der Waals surface area contributed by atoms with Gasteiger partial charge in [0.05, 0.1) is 5.56 Å². The van der Waals surface area contributed by atoms with Crippen molar-refractivity contribution in [3.05, 3.63) is 50.2 Å². The van der Waals surface area contributed by atoms with E-state index in [1.807, 2.05) is 19.1 Å². The second-order valence-corrected chi connectivity index (χ2v) is 5.10. The molecule has 1 aromatic carbocycles. The third-order valence-electron chi connectivity index (χ3n) is 2.31. The summed E-state index contributed by atoms with van der Waals surface area (Å²) in [5.74, 6) is 0.168. The highest BCUT2D eigenvalue weighted by Gasteiger charge is 2.12. The highest BCUT2D eigenvalue weighted by molar-refractivity contribution is 14.1. The van der Waals surface area contributed by atoms with Crippen LogP contribution >= 0.6 is 34.2 Å². The second-order valence-electron chi connectivity index (χ2n) is 3.63. The number of hydrogen-bond acceptors (Lipinski definition) is 3. The van der Waals surface area contributed by atoms with Crippen molar-refractivity contribution in [1.82, 2.24) is 10.2 Å². The summed E-state index contributed by atoms with van der Waals surface area (Å²) in [5.41, 5.74) is 1.68. The van der Waals surface area contributed by atoms with Crippen LogP contribution in [0.2, 0.25) is 5.15 Å². The zero-order valence-corrected chi connectivity index (χ0v) is 12.4. The molecule has 2 rings (SSSR count). The molecule has 1 heterocycles. The normalized spacial score (nSPS) is 10.2. The Kier molecular flexibility index (Phi) is 4.13. The third-order valence-corrected chi connectivity index (χ3v) is 3.94. The highest BCUT2D eigenvalue weighted by Crippen LogP contribution is 2.18. The van der Waals surface area contributed by atoms with E-state index in [0.717, 1.165) is 9.13 Å². The van der Waals surface area contributed by atoms with Crippen molar-refractivity contribution in [2.24, 2.45) is 0 Å². The summed E-state index contributed by atoms with van der Waals surface area (Å²) < 4.78 is 0.925. The molecule has 0 aliphatic heterocycles. The Morgan fingerprint density at radius 3 is 2.72 bits per heavy atom. The van der Waals surface area contributed by atoms with E-state index in [2.05, 4.69) is 38.1 Å². The summed E-state index contributed by atoms with van der Waals surface area (Å²) in [5, 5.41) is 10.4. The Morgan fingerprint density at radius 2 is 2.06 bits per heavy atom. The molecule has 1 aromatic heterocycles. The van der Waals surface area contributed by atoms with Crippen molar-refractivity contribution in [2.75, 3.05) is 5.32 Å². The number of aryl methyl sites for hydroxylation is 1. The van der Waals surface area contributed by atoms with Crippen LogP contribution in [-0.4, -0.2) is 16.1 Å². The predicted molar refractivity (Wildman–Crippen MR) is 78.9 cm³/mol. The number of nitrogens with one attached hydrogen (secondary N) is 1. The molecule has 0 radical (unpaired) electrons. The van der Waals surface area contributed by atoms with E-state index in [0.29, 0.717) is 11.4 Å². The number of aromatic nitrogens is 2. The van der Waals surface area contributed by atoms with Gasteiger partial charge in [-0.15, -0.1) is 10.2 Å². The van der Waals surface area contributed by atoms with Crippen LogP contribution in [-0.2, 0) is 0 Å². The molecule has 4 nitrogen and oxygen atoms in total. The van der Waals surface area contributed by atoms with E-state index < -0.39 is 0 Å². The van der Waals surface area contributed by atoms with Crippen LogP contribution in [0, 0.1) is 10.5 Å². The Labute approximate surface area is 123 Å². The van der Waals surface area contributed by atoms with Crippen LogP contribution in [0.3, 0.4) is 0 Å². The number of carbonyl (C=O) groups is 1. The Bertz CT molecular complexity index is 586. The largest absolute Gasteiger partial charge is 0.305 e. The number of rotatable bonds is 2. The summed E-state index contributed by atoms with van der Waals surface area (Å²) in [6.07, 6.45) is 0. The van der Waals surface area contributed by atoms with Crippen LogP contribution in [0.25, 0.3) is 0 Å². The average molecular weight is 374 g/mol. The van der Waals surface area contributed by atoms with E-state index >= 15 is 0 Å². The standard InChI is InChI=1S/C12H9ClIN3O/c1-7-3-2-4-8(11(7)14)12(18)15-10-6-5-9(13)16-17-10/h2-6H,1H3,(H,15,17,18). The van der Waals surface area contributed by atoms with E-state index in [-0.39, 0.29) is 11.1 Å². The SMILES string of the molecule is Cc1cccc(C(=O)Nc2ccc(Cl)nn2)c1I. The first kappa shape index (κ1) is 13.2. The molecule has 2 aromatic rings. The topological polar surface area (TPSA) is 54.9 Å². The molecule has 1 N–H and O–H groups in total. The molecule has 0 atom stereocenters. The summed E-state index contributed by atoms with van der Waals surface area (Å²) in [6, 6.07) is 8.76. The molecule has 0 saturated heterocycles. The van der Waals surface area contributed by atoms with Crippen LogP contribution in [0.1, 0.15) is 15.9 Å². The number of carbonyl (C=O) groups excluding carboxylic acids is 1. The van der Waals surface area contributed by atoms with Crippen LogP contribution in [0.5, 0.6) is 0 Å². The van der Waals surface area contributed by atoms with Crippen molar-refractivity contribution in [3.63, 3.8) is 0 Å². The second kappa shape index (κ2) is 5.62. The maximum Gasteiger partial charge on any atom is 0.257 e. The van der Waals surface area contributed by atoms with Gasteiger partial charge in [0, 0.05) is 3.57 Å². The fraction of sp³-hybridized carbons (Fsp3) is 0.0833. The van der Waals surface area contributed by atoms with Gasteiger partial charge in [-0.2, -0.15) is 0 Å². The Balaban J connectivity index is 2.22. The van der Waals surface area contributed by atoms with E-state index in [9.17, 15) is 4.79 Å². The Morgan fingerprint density at radius 1 is 1.28 bits per heavy atom. The fourth-order valence-corrected chi connectivity index (χ4v) is 2.09. The molecular weight excluding hydrogens is 365 g/mol. The summed E-state index contributed by atoms with van der Waals surface area (Å²) in [4.78, 5) is 12.1. The van der Waals surface area contributed by atoms with Gasteiger partial charge in [-0.3, -0.25) is 4.79 Å². The minimum Gasteiger partial charge on any atom is -0.305 e. The van der Waals surface area contributed by atoms with Gasteiger partial charge in [0.15, 0.2) is 11.0 Å². The fourth-order valence-electron chi connectivity index (χ4n) is 1.39. The first-order valence-corrected chi connectivity index (χ1v) is 6.59. The van der Waals surface area contributed by atoms with Gasteiger partial charge in [0.25, 0.3) is 5.91 Å². The molecule has 0 aliphatic carbocycles.